The van der Waals surface area contributed by atoms with Crippen LogP contribution in [0.1, 0.15) is 5.56 Å². The van der Waals surface area contributed by atoms with E-state index in [0.29, 0.717) is 27.9 Å². The topological polar surface area (TPSA) is 133 Å². The van der Waals surface area contributed by atoms with Crippen LogP contribution in [0.2, 0.25) is 0 Å². The smallest absolute Gasteiger partial charge is 0.262 e. The van der Waals surface area contributed by atoms with E-state index in [2.05, 4.69) is 15.1 Å². The van der Waals surface area contributed by atoms with Crippen LogP contribution in [0.25, 0.3) is 33.7 Å². The quantitative estimate of drug-likeness (QED) is 0.501. The second-order valence-electron chi connectivity index (χ2n) is 6.75. The van der Waals surface area contributed by atoms with Crippen molar-refractivity contribution in [2.24, 2.45) is 12.2 Å². The average molecular weight is 425 g/mol. The number of aromatic amines is 1. The van der Waals surface area contributed by atoms with Crippen LogP contribution in [0, 0.1) is 0 Å². The molecule has 2 heterocycles. The van der Waals surface area contributed by atoms with Crippen LogP contribution < -0.4 is 10.7 Å². The van der Waals surface area contributed by atoms with Crippen LogP contribution in [0.5, 0.6) is 0 Å². The van der Waals surface area contributed by atoms with Gasteiger partial charge in [-0.15, -0.1) is 0 Å². The second kappa shape index (κ2) is 7.48. The molecular formula is C20H19N5O4S. The summed E-state index contributed by atoms with van der Waals surface area (Å²) in [4.78, 5) is 20.3. The Kier molecular flexibility index (Phi) is 4.98. The summed E-state index contributed by atoms with van der Waals surface area (Å²) in [6.07, 6.45) is 0. The van der Waals surface area contributed by atoms with Gasteiger partial charge in [-0.2, -0.15) is 5.10 Å². The first-order valence-electron chi connectivity index (χ1n) is 8.97. The maximum atomic E-state index is 13.0. The maximum Gasteiger partial charge on any atom is 0.262 e. The highest BCUT2D eigenvalue weighted by atomic mass is 32.2. The van der Waals surface area contributed by atoms with Crippen molar-refractivity contribution >= 4 is 21.1 Å². The van der Waals surface area contributed by atoms with Gasteiger partial charge in [0.15, 0.2) is 5.65 Å². The molecule has 0 bridgehead atoms. The lowest BCUT2D eigenvalue weighted by molar-refractivity contribution is 0.185. The van der Waals surface area contributed by atoms with E-state index in [0.717, 1.165) is 5.56 Å². The van der Waals surface area contributed by atoms with E-state index in [1.54, 1.807) is 17.8 Å². The van der Waals surface area contributed by atoms with Crippen molar-refractivity contribution < 1.29 is 13.2 Å². The first-order chi connectivity index (χ1) is 14.3. The number of benzene rings is 2. The summed E-state index contributed by atoms with van der Waals surface area (Å²) in [6, 6.07) is 13.7. The predicted molar refractivity (Wildman–Crippen MR) is 112 cm³/mol. The third-order valence-corrected chi connectivity index (χ3v) is 5.61. The van der Waals surface area contributed by atoms with Gasteiger partial charge in [0.2, 0.25) is 10.0 Å². The minimum atomic E-state index is -3.88. The van der Waals surface area contributed by atoms with Gasteiger partial charge in [-0.3, -0.25) is 4.79 Å². The molecule has 9 nitrogen and oxygen atoms in total. The number of primary sulfonamides is 1. The number of nitrogens with one attached hydrogen (secondary N) is 1. The fourth-order valence-corrected chi connectivity index (χ4v) is 3.90. The molecule has 2 aromatic heterocycles. The van der Waals surface area contributed by atoms with Crippen molar-refractivity contribution in [1.29, 1.82) is 0 Å². The number of nitrogens with two attached hydrogens (primary N) is 1. The fourth-order valence-electron chi connectivity index (χ4n) is 3.33. The molecule has 0 aliphatic rings. The number of methoxy groups -OCH3 is 1. The molecule has 0 radical (unpaired) electrons. The number of sulfonamides is 1. The van der Waals surface area contributed by atoms with Gasteiger partial charge >= 0.3 is 0 Å². The van der Waals surface area contributed by atoms with E-state index < -0.39 is 10.0 Å². The molecule has 3 N–H and O–H groups in total. The van der Waals surface area contributed by atoms with E-state index in [-0.39, 0.29) is 22.9 Å². The van der Waals surface area contributed by atoms with Crippen molar-refractivity contribution in [3.63, 3.8) is 0 Å². The minimum Gasteiger partial charge on any atom is -0.380 e. The van der Waals surface area contributed by atoms with Gasteiger partial charge in [0, 0.05) is 25.3 Å². The molecule has 0 atom stereocenters. The SMILES string of the molecule is COCc1cc(S(N)(=O)=O)ccc1-c1nc2c(c(-c3ccccc3)nn2C)c(=O)[nH]1. The van der Waals surface area contributed by atoms with Gasteiger partial charge in [0.25, 0.3) is 5.56 Å². The number of nitrogens with zero attached hydrogens (tertiary/aromatic N) is 3. The summed E-state index contributed by atoms with van der Waals surface area (Å²) in [5.74, 6) is 0.281. The first-order valence-corrected chi connectivity index (χ1v) is 10.5. The number of aromatic nitrogens is 4. The highest BCUT2D eigenvalue weighted by Gasteiger charge is 2.19. The first kappa shape index (κ1) is 20.0. The van der Waals surface area contributed by atoms with Crippen LogP contribution in [0.4, 0.5) is 0 Å². The molecule has 4 aromatic rings. The van der Waals surface area contributed by atoms with Crippen molar-refractivity contribution in [2.75, 3.05) is 7.11 Å². The molecular weight excluding hydrogens is 406 g/mol. The molecule has 0 spiro atoms. The van der Waals surface area contributed by atoms with Crippen molar-refractivity contribution in [1.82, 2.24) is 19.7 Å². The minimum absolute atomic E-state index is 0.0476. The van der Waals surface area contributed by atoms with Crippen LogP contribution >= 0.6 is 0 Å². The highest BCUT2D eigenvalue weighted by molar-refractivity contribution is 7.89. The normalized spacial score (nSPS) is 11.8. The summed E-state index contributed by atoms with van der Waals surface area (Å²) in [5.41, 5.74) is 2.46. The number of hydrogen-bond donors (Lipinski definition) is 2. The number of aryl methyl sites for hydroxylation is 1. The fraction of sp³-hybridized carbons (Fsp3) is 0.150. The number of H-pyrrole nitrogens is 1. The molecule has 0 aliphatic heterocycles. The van der Waals surface area contributed by atoms with E-state index in [9.17, 15) is 13.2 Å². The molecule has 0 fully saturated rings. The van der Waals surface area contributed by atoms with E-state index in [1.807, 2.05) is 30.3 Å². The molecule has 2 aromatic carbocycles. The lowest BCUT2D eigenvalue weighted by Crippen LogP contribution is -2.14. The molecule has 0 saturated carbocycles. The Bertz CT molecular complexity index is 1410. The zero-order valence-corrected chi connectivity index (χ0v) is 17.1. The maximum absolute atomic E-state index is 13.0. The molecule has 154 valence electrons. The van der Waals surface area contributed by atoms with E-state index in [4.69, 9.17) is 9.88 Å². The Hall–Kier alpha value is -3.34. The largest absolute Gasteiger partial charge is 0.380 e. The summed E-state index contributed by atoms with van der Waals surface area (Å²) >= 11 is 0. The van der Waals surface area contributed by atoms with Crippen LogP contribution in [-0.2, 0) is 28.4 Å². The summed E-state index contributed by atoms with van der Waals surface area (Å²) < 4.78 is 30.1. The van der Waals surface area contributed by atoms with Crippen LogP contribution in [0.15, 0.2) is 58.2 Å². The average Bonchev–Trinajstić information content (AvgIpc) is 3.05. The zero-order chi connectivity index (χ0) is 21.5. The zero-order valence-electron chi connectivity index (χ0n) is 16.3. The lowest BCUT2D eigenvalue weighted by Gasteiger charge is -2.10. The molecule has 0 amide bonds. The van der Waals surface area contributed by atoms with Gasteiger partial charge in [0.1, 0.15) is 16.9 Å². The van der Waals surface area contributed by atoms with Crippen molar-refractivity contribution in [3.8, 4) is 22.6 Å². The number of fused-ring (bicyclic) bond motifs is 1. The number of rotatable bonds is 5. The summed E-state index contributed by atoms with van der Waals surface area (Å²) in [5, 5.41) is 10.1. The molecule has 4 rings (SSSR count). The standard InChI is InChI=1S/C20H19N5O4S/c1-25-19-16(17(24-25)12-6-4-3-5-7-12)20(26)23-18(22-19)15-9-8-14(30(21,27)28)10-13(15)11-29-2/h3-10H,11H2,1-2H3,(H2,21,27,28)(H,22,23,26). The van der Waals surface area contributed by atoms with Gasteiger partial charge in [-0.1, -0.05) is 30.3 Å². The Labute approximate surface area is 172 Å². The molecule has 0 saturated heterocycles. The third-order valence-electron chi connectivity index (χ3n) is 4.70. The molecule has 0 aliphatic carbocycles. The van der Waals surface area contributed by atoms with Crippen LogP contribution in [0.3, 0.4) is 0 Å². The molecule has 10 heteroatoms. The van der Waals surface area contributed by atoms with E-state index in [1.165, 1.54) is 19.2 Å². The number of ether oxygens (including phenoxy) is 1. The Balaban J connectivity index is 1.93. The lowest BCUT2D eigenvalue weighted by atomic mass is 10.1. The predicted octanol–water partition coefficient (Wildman–Crippen LogP) is 1.78. The molecule has 30 heavy (non-hydrogen) atoms. The Morgan fingerprint density at radius 1 is 1.17 bits per heavy atom. The van der Waals surface area contributed by atoms with Crippen molar-refractivity contribution in [3.05, 3.63) is 64.4 Å². The van der Waals surface area contributed by atoms with Gasteiger partial charge < -0.3 is 9.72 Å². The Morgan fingerprint density at radius 3 is 2.57 bits per heavy atom. The Morgan fingerprint density at radius 2 is 1.90 bits per heavy atom. The second-order valence-corrected chi connectivity index (χ2v) is 8.31. The van der Waals surface area contributed by atoms with Gasteiger partial charge in [-0.05, 0) is 23.8 Å². The monoisotopic (exact) mass is 425 g/mol. The van der Waals surface area contributed by atoms with Crippen LogP contribution in [-0.4, -0.2) is 35.3 Å². The van der Waals surface area contributed by atoms with Crippen molar-refractivity contribution in [2.45, 2.75) is 11.5 Å². The van der Waals surface area contributed by atoms with Gasteiger partial charge in [0.05, 0.1) is 11.5 Å². The number of hydrogen-bond acceptors (Lipinski definition) is 6. The summed E-state index contributed by atoms with van der Waals surface area (Å²) in [7, 11) is -0.682. The van der Waals surface area contributed by atoms with Gasteiger partial charge in [-0.25, -0.2) is 23.2 Å². The summed E-state index contributed by atoms with van der Waals surface area (Å²) in [6.45, 7) is 0.112. The highest BCUT2D eigenvalue weighted by Crippen LogP contribution is 2.27. The van der Waals surface area contributed by atoms with E-state index >= 15 is 0 Å². The third kappa shape index (κ3) is 3.52. The molecule has 0 unspecified atom stereocenters.